The average Bonchev–Trinajstić information content (AvgIpc) is 3.26. The van der Waals surface area contributed by atoms with E-state index in [9.17, 15) is 31.0 Å². The van der Waals surface area contributed by atoms with Crippen LogP contribution >= 0.6 is 11.3 Å². The highest BCUT2D eigenvalue weighted by molar-refractivity contribution is 7.86. The molecule has 0 atom stereocenters. The third-order valence-corrected chi connectivity index (χ3v) is 8.79. The maximum atomic E-state index is 11.9. The van der Waals surface area contributed by atoms with Gasteiger partial charge in [0.05, 0.1) is 15.9 Å². The molecule has 1 aromatic heterocycles. The van der Waals surface area contributed by atoms with Crippen LogP contribution in [-0.4, -0.2) is 36.0 Å². The summed E-state index contributed by atoms with van der Waals surface area (Å²) >= 11 is 1.12. The molecule has 0 amide bonds. The van der Waals surface area contributed by atoms with Crippen LogP contribution in [0.2, 0.25) is 0 Å². The highest BCUT2D eigenvalue weighted by Crippen LogP contribution is 2.40. The summed E-state index contributed by atoms with van der Waals surface area (Å²) in [6.45, 7) is 1.59. The molecular formula is C24H17N3O7S3. The van der Waals surface area contributed by atoms with Gasteiger partial charge in [-0.05, 0) is 48.9 Å². The SMILES string of the molecule is Cc1ccc2nc(-c3ccc(N=Nc4cc(S(=O)(=O)O)c5ccccc5c4O)cc3)sc2c1S(=O)(=O)O. The number of fused-ring (bicyclic) bond motifs is 2. The number of azo groups is 1. The van der Waals surface area contributed by atoms with E-state index in [1.165, 1.54) is 12.1 Å². The molecule has 0 spiro atoms. The molecule has 0 bridgehead atoms. The molecule has 188 valence electrons. The number of aromatic nitrogens is 1. The highest BCUT2D eigenvalue weighted by Gasteiger charge is 2.21. The minimum atomic E-state index is -4.59. The fourth-order valence-corrected chi connectivity index (χ4v) is 6.93. The molecule has 3 N–H and O–H groups in total. The van der Waals surface area contributed by atoms with E-state index in [2.05, 4.69) is 15.2 Å². The third-order valence-electron chi connectivity index (χ3n) is 5.59. The summed E-state index contributed by atoms with van der Waals surface area (Å²) in [5.74, 6) is -0.289. The van der Waals surface area contributed by atoms with E-state index in [0.29, 0.717) is 32.0 Å². The molecule has 0 unspecified atom stereocenters. The van der Waals surface area contributed by atoms with Crippen molar-refractivity contribution in [2.75, 3.05) is 0 Å². The Bertz CT molecular complexity index is 1950. The summed E-state index contributed by atoms with van der Waals surface area (Å²) < 4.78 is 67.1. The van der Waals surface area contributed by atoms with Crippen LogP contribution in [0.3, 0.4) is 0 Å². The van der Waals surface area contributed by atoms with Gasteiger partial charge in [0.15, 0.2) is 5.75 Å². The largest absolute Gasteiger partial charge is 0.505 e. The van der Waals surface area contributed by atoms with Crippen molar-refractivity contribution >= 4 is 63.9 Å². The monoisotopic (exact) mass is 555 g/mol. The van der Waals surface area contributed by atoms with E-state index >= 15 is 0 Å². The van der Waals surface area contributed by atoms with Gasteiger partial charge in [-0.25, -0.2) is 4.98 Å². The van der Waals surface area contributed by atoms with Crippen molar-refractivity contribution in [1.29, 1.82) is 0 Å². The minimum absolute atomic E-state index is 0.144. The fourth-order valence-electron chi connectivity index (χ4n) is 3.89. The number of aromatic hydroxyl groups is 1. The maximum Gasteiger partial charge on any atom is 0.296 e. The fraction of sp³-hybridized carbons (Fsp3) is 0.0417. The first-order valence-corrected chi connectivity index (χ1v) is 14.2. The van der Waals surface area contributed by atoms with Crippen LogP contribution in [0, 0.1) is 6.92 Å². The van der Waals surface area contributed by atoms with Crippen molar-refractivity contribution in [3.63, 3.8) is 0 Å². The summed E-state index contributed by atoms with van der Waals surface area (Å²) in [4.78, 5) is 3.90. The van der Waals surface area contributed by atoms with Crippen molar-refractivity contribution in [3.8, 4) is 16.3 Å². The van der Waals surface area contributed by atoms with E-state index < -0.39 is 25.1 Å². The number of benzene rings is 4. The van der Waals surface area contributed by atoms with Crippen LogP contribution in [0.1, 0.15) is 5.56 Å². The first-order chi connectivity index (χ1) is 17.4. The second-order valence-corrected chi connectivity index (χ2v) is 11.8. The van der Waals surface area contributed by atoms with E-state index in [1.807, 2.05) is 0 Å². The molecule has 5 aromatic rings. The summed E-state index contributed by atoms with van der Waals surface area (Å²) in [6, 6.07) is 17.1. The Morgan fingerprint density at radius 2 is 1.51 bits per heavy atom. The second kappa shape index (κ2) is 8.97. The zero-order valence-corrected chi connectivity index (χ0v) is 21.3. The quantitative estimate of drug-likeness (QED) is 0.174. The summed E-state index contributed by atoms with van der Waals surface area (Å²) in [6.07, 6.45) is 0. The molecular weight excluding hydrogens is 538 g/mol. The van der Waals surface area contributed by atoms with Crippen LogP contribution in [0.25, 0.3) is 31.6 Å². The van der Waals surface area contributed by atoms with Crippen LogP contribution < -0.4 is 0 Å². The Hall–Kier alpha value is -3.75. The molecule has 13 heteroatoms. The number of hydrogen-bond acceptors (Lipinski definition) is 9. The molecule has 0 radical (unpaired) electrons. The Morgan fingerprint density at radius 3 is 2.16 bits per heavy atom. The van der Waals surface area contributed by atoms with Gasteiger partial charge >= 0.3 is 0 Å². The molecule has 0 fully saturated rings. The van der Waals surface area contributed by atoms with Crippen molar-refractivity contribution in [2.45, 2.75) is 16.7 Å². The lowest BCUT2D eigenvalue weighted by Gasteiger charge is -2.08. The van der Waals surface area contributed by atoms with Crippen molar-refractivity contribution < 1.29 is 31.0 Å². The Labute approximate surface area is 215 Å². The van der Waals surface area contributed by atoms with E-state index in [-0.39, 0.29) is 27.1 Å². The van der Waals surface area contributed by atoms with Crippen LogP contribution in [-0.2, 0) is 20.2 Å². The van der Waals surface area contributed by atoms with Gasteiger partial charge in [0, 0.05) is 16.3 Å². The van der Waals surface area contributed by atoms with E-state index in [0.717, 1.165) is 17.4 Å². The molecule has 0 aliphatic carbocycles. The third kappa shape index (κ3) is 4.70. The lowest BCUT2D eigenvalue weighted by molar-refractivity contribution is 0.478. The molecule has 0 aliphatic heterocycles. The molecule has 0 aliphatic rings. The Kier molecular flexibility index (Phi) is 6.04. The van der Waals surface area contributed by atoms with E-state index in [4.69, 9.17) is 0 Å². The molecule has 0 saturated carbocycles. The first-order valence-electron chi connectivity index (χ1n) is 10.6. The zero-order valence-electron chi connectivity index (χ0n) is 18.9. The van der Waals surface area contributed by atoms with Gasteiger partial charge in [0.2, 0.25) is 0 Å². The minimum Gasteiger partial charge on any atom is -0.505 e. The zero-order chi connectivity index (χ0) is 26.5. The molecule has 10 nitrogen and oxygen atoms in total. The molecule has 1 heterocycles. The summed E-state index contributed by atoms with van der Waals surface area (Å²) in [7, 11) is -9.02. The molecule has 5 rings (SSSR count). The van der Waals surface area contributed by atoms with Gasteiger partial charge in [-0.1, -0.05) is 30.3 Å². The first kappa shape index (κ1) is 24.9. The van der Waals surface area contributed by atoms with Gasteiger partial charge in [-0.15, -0.1) is 16.5 Å². The maximum absolute atomic E-state index is 11.9. The summed E-state index contributed by atoms with van der Waals surface area (Å²) in [5.41, 5.74) is 1.75. The predicted molar refractivity (Wildman–Crippen MR) is 139 cm³/mol. The van der Waals surface area contributed by atoms with Gasteiger partial charge in [0.1, 0.15) is 20.5 Å². The van der Waals surface area contributed by atoms with Gasteiger partial charge in [0.25, 0.3) is 20.2 Å². The van der Waals surface area contributed by atoms with Crippen molar-refractivity contribution in [2.24, 2.45) is 10.2 Å². The average molecular weight is 556 g/mol. The topological polar surface area (TPSA) is 167 Å². The second-order valence-electron chi connectivity index (χ2n) is 8.06. The highest BCUT2D eigenvalue weighted by atomic mass is 32.2. The standard InChI is InChI=1S/C24H17N3O7S3/c1-13-6-11-18-22(23(13)37(32,33)34)35-24(25-18)14-7-9-15(10-8-14)26-27-19-12-20(36(29,30)31)16-4-2-3-5-17(16)21(19)28/h2-12,28H,1H3,(H,29,30,31)(H,32,33,34). The lowest BCUT2D eigenvalue weighted by Crippen LogP contribution is -2.00. The number of thiazole rings is 1. The van der Waals surface area contributed by atoms with Crippen LogP contribution in [0.4, 0.5) is 11.4 Å². The van der Waals surface area contributed by atoms with Crippen molar-refractivity contribution in [1.82, 2.24) is 4.98 Å². The Balaban J connectivity index is 1.50. The number of aryl methyl sites for hydroxylation is 1. The van der Waals surface area contributed by atoms with Crippen molar-refractivity contribution in [3.05, 3.63) is 72.3 Å². The lowest BCUT2D eigenvalue weighted by atomic mass is 10.1. The van der Waals surface area contributed by atoms with Crippen LogP contribution in [0.15, 0.2) is 86.7 Å². The number of phenolic OH excluding ortho intramolecular Hbond substituents is 1. The number of hydrogen-bond donors (Lipinski definition) is 3. The number of phenols is 1. The van der Waals surface area contributed by atoms with Crippen LogP contribution in [0.5, 0.6) is 5.75 Å². The predicted octanol–water partition coefficient (Wildman–Crippen LogP) is 6.04. The normalized spacial score (nSPS) is 12.6. The number of nitrogens with zero attached hydrogens (tertiary/aromatic N) is 3. The smallest absolute Gasteiger partial charge is 0.296 e. The molecule has 0 saturated heterocycles. The number of rotatable bonds is 5. The molecule has 4 aromatic carbocycles. The summed E-state index contributed by atoms with van der Waals surface area (Å²) in [5, 5.41) is 19.5. The van der Waals surface area contributed by atoms with Gasteiger partial charge in [-0.2, -0.15) is 21.9 Å². The van der Waals surface area contributed by atoms with Gasteiger partial charge < -0.3 is 5.11 Å². The Morgan fingerprint density at radius 1 is 0.838 bits per heavy atom. The van der Waals surface area contributed by atoms with Gasteiger partial charge in [-0.3, -0.25) is 9.11 Å². The van der Waals surface area contributed by atoms with E-state index in [1.54, 1.807) is 55.5 Å². The molecule has 37 heavy (non-hydrogen) atoms.